The van der Waals surface area contributed by atoms with Gasteiger partial charge in [0, 0.05) is 22.9 Å². The van der Waals surface area contributed by atoms with E-state index in [0.29, 0.717) is 28.2 Å². The van der Waals surface area contributed by atoms with Gasteiger partial charge in [-0.2, -0.15) is 13.2 Å². The van der Waals surface area contributed by atoms with Crippen LogP contribution in [0.15, 0.2) is 85.1 Å². The molecule has 1 N–H and O–H groups in total. The Balaban J connectivity index is 1.89. The number of benzene rings is 3. The molecule has 0 saturated carbocycles. The largest absolute Gasteiger partial charge is 0.507 e. The summed E-state index contributed by atoms with van der Waals surface area (Å²) in [5.74, 6) is 0.484. The van der Waals surface area contributed by atoms with Crippen LogP contribution >= 0.6 is 0 Å². The van der Waals surface area contributed by atoms with Crippen LogP contribution in [-0.2, 0) is 6.18 Å². The molecule has 0 bridgehead atoms. The zero-order valence-corrected chi connectivity index (χ0v) is 15.1. The Hall–Kier alpha value is -3.67. The van der Waals surface area contributed by atoms with Crippen LogP contribution in [0.2, 0.25) is 0 Å². The van der Waals surface area contributed by atoms with Crippen LogP contribution in [0.1, 0.15) is 5.56 Å². The summed E-state index contributed by atoms with van der Waals surface area (Å²) in [6, 6.07) is 20.8. The molecule has 0 radical (unpaired) electrons. The van der Waals surface area contributed by atoms with Gasteiger partial charge in [0.15, 0.2) is 5.82 Å². The zero-order chi connectivity index (χ0) is 20.4. The molecule has 4 rings (SSSR count). The second kappa shape index (κ2) is 7.39. The van der Waals surface area contributed by atoms with E-state index in [1.54, 1.807) is 24.4 Å². The second-order valence-corrected chi connectivity index (χ2v) is 6.41. The Morgan fingerprint density at radius 1 is 0.690 bits per heavy atom. The molecule has 0 atom stereocenters. The van der Waals surface area contributed by atoms with Crippen LogP contribution in [-0.4, -0.2) is 15.1 Å². The van der Waals surface area contributed by atoms with E-state index in [1.807, 2.05) is 30.3 Å². The molecule has 144 valence electrons. The van der Waals surface area contributed by atoms with Crippen molar-refractivity contribution in [2.24, 2.45) is 0 Å². The van der Waals surface area contributed by atoms with Crippen LogP contribution in [0.3, 0.4) is 0 Å². The molecular weight excluding hydrogens is 377 g/mol. The van der Waals surface area contributed by atoms with Crippen molar-refractivity contribution in [3.05, 3.63) is 90.6 Å². The van der Waals surface area contributed by atoms with Gasteiger partial charge in [-0.1, -0.05) is 54.6 Å². The first kappa shape index (κ1) is 18.7. The zero-order valence-electron chi connectivity index (χ0n) is 15.1. The number of alkyl halides is 3. The molecule has 3 aromatic carbocycles. The van der Waals surface area contributed by atoms with Crippen molar-refractivity contribution >= 4 is 0 Å². The minimum Gasteiger partial charge on any atom is -0.507 e. The number of phenolic OH excluding ortho intramolecular Hbond substituents is 1. The Morgan fingerprint density at radius 2 is 1.34 bits per heavy atom. The summed E-state index contributed by atoms with van der Waals surface area (Å²) in [5.41, 5.74) is 2.03. The molecule has 1 aromatic heterocycles. The number of aromatic nitrogens is 2. The monoisotopic (exact) mass is 392 g/mol. The van der Waals surface area contributed by atoms with Gasteiger partial charge in [-0.3, -0.25) is 0 Å². The molecule has 0 aliphatic heterocycles. The fraction of sp³-hybridized carbons (Fsp3) is 0.0435. The number of para-hydroxylation sites is 1. The average molecular weight is 392 g/mol. The summed E-state index contributed by atoms with van der Waals surface area (Å²) in [5, 5.41) is 10.3. The predicted octanol–water partition coefficient (Wildman–Crippen LogP) is 6.20. The molecule has 0 fully saturated rings. The molecule has 29 heavy (non-hydrogen) atoms. The summed E-state index contributed by atoms with van der Waals surface area (Å²) in [4.78, 5) is 9.03. The lowest BCUT2D eigenvalue weighted by Crippen LogP contribution is -2.04. The third-order valence-corrected chi connectivity index (χ3v) is 4.50. The molecule has 4 aromatic rings. The molecule has 0 saturated heterocycles. The third kappa shape index (κ3) is 3.82. The van der Waals surface area contributed by atoms with Gasteiger partial charge in [-0.05, 0) is 29.8 Å². The smallest absolute Gasteiger partial charge is 0.416 e. The number of hydrogen-bond donors (Lipinski definition) is 1. The number of rotatable bonds is 3. The Kier molecular flexibility index (Phi) is 4.76. The van der Waals surface area contributed by atoms with E-state index in [-0.39, 0.29) is 5.75 Å². The molecule has 1 heterocycles. The molecule has 0 amide bonds. The molecular formula is C23H15F3N2O. The standard InChI is InChI=1S/C23H15F3N2O/c24-23(25,26)17-12-10-15(11-13-17)19-14-27-22(16-6-2-1-3-7-16)28-21(19)18-8-4-5-9-20(18)29/h1-14,29H. The maximum Gasteiger partial charge on any atom is 0.416 e. The topological polar surface area (TPSA) is 46.0 Å². The van der Waals surface area contributed by atoms with Gasteiger partial charge in [-0.25, -0.2) is 9.97 Å². The Morgan fingerprint density at radius 3 is 2.00 bits per heavy atom. The van der Waals surface area contributed by atoms with Crippen LogP contribution in [0.5, 0.6) is 5.75 Å². The van der Waals surface area contributed by atoms with E-state index in [4.69, 9.17) is 0 Å². The van der Waals surface area contributed by atoms with E-state index in [0.717, 1.165) is 17.7 Å². The summed E-state index contributed by atoms with van der Waals surface area (Å²) in [6.45, 7) is 0. The highest BCUT2D eigenvalue weighted by atomic mass is 19.4. The number of phenols is 1. The lowest BCUT2D eigenvalue weighted by molar-refractivity contribution is -0.137. The van der Waals surface area contributed by atoms with Gasteiger partial charge in [-0.15, -0.1) is 0 Å². The quantitative estimate of drug-likeness (QED) is 0.451. The first-order valence-corrected chi connectivity index (χ1v) is 8.82. The van der Waals surface area contributed by atoms with Crippen LogP contribution in [0.4, 0.5) is 13.2 Å². The highest BCUT2D eigenvalue weighted by molar-refractivity contribution is 5.84. The van der Waals surface area contributed by atoms with Crippen molar-refractivity contribution in [2.45, 2.75) is 6.18 Å². The summed E-state index contributed by atoms with van der Waals surface area (Å²) >= 11 is 0. The lowest BCUT2D eigenvalue weighted by Gasteiger charge is -2.13. The fourth-order valence-corrected chi connectivity index (χ4v) is 3.04. The van der Waals surface area contributed by atoms with Gasteiger partial charge < -0.3 is 5.11 Å². The molecule has 0 unspecified atom stereocenters. The van der Waals surface area contributed by atoms with Crippen LogP contribution in [0, 0.1) is 0 Å². The van der Waals surface area contributed by atoms with Crippen molar-refractivity contribution in [2.75, 3.05) is 0 Å². The van der Waals surface area contributed by atoms with Crippen molar-refractivity contribution in [3.63, 3.8) is 0 Å². The van der Waals surface area contributed by atoms with E-state index in [2.05, 4.69) is 9.97 Å². The van der Waals surface area contributed by atoms with Crippen LogP contribution in [0.25, 0.3) is 33.8 Å². The van der Waals surface area contributed by atoms with Crippen LogP contribution < -0.4 is 0 Å². The number of halogens is 3. The van der Waals surface area contributed by atoms with E-state index < -0.39 is 11.7 Å². The van der Waals surface area contributed by atoms with Gasteiger partial charge >= 0.3 is 6.18 Å². The number of nitrogens with zero attached hydrogens (tertiary/aromatic N) is 2. The van der Waals surface area contributed by atoms with Crippen molar-refractivity contribution < 1.29 is 18.3 Å². The Bertz CT molecular complexity index is 1140. The third-order valence-electron chi connectivity index (χ3n) is 4.50. The second-order valence-electron chi connectivity index (χ2n) is 6.41. The van der Waals surface area contributed by atoms with E-state index >= 15 is 0 Å². The van der Waals surface area contributed by atoms with Crippen molar-refractivity contribution in [3.8, 4) is 39.5 Å². The van der Waals surface area contributed by atoms with Gasteiger partial charge in [0.25, 0.3) is 0 Å². The maximum absolute atomic E-state index is 12.9. The first-order valence-electron chi connectivity index (χ1n) is 8.82. The first-order chi connectivity index (χ1) is 13.9. The predicted molar refractivity (Wildman–Crippen MR) is 105 cm³/mol. The highest BCUT2D eigenvalue weighted by Crippen LogP contribution is 2.37. The molecule has 0 aliphatic carbocycles. The summed E-state index contributed by atoms with van der Waals surface area (Å²) in [6.07, 6.45) is -2.84. The average Bonchev–Trinajstić information content (AvgIpc) is 2.74. The van der Waals surface area contributed by atoms with Gasteiger partial charge in [0.2, 0.25) is 0 Å². The lowest BCUT2D eigenvalue weighted by atomic mass is 9.98. The van der Waals surface area contributed by atoms with Gasteiger partial charge in [0.05, 0.1) is 11.3 Å². The highest BCUT2D eigenvalue weighted by Gasteiger charge is 2.30. The SMILES string of the molecule is Oc1ccccc1-c1nc(-c2ccccc2)ncc1-c1ccc(C(F)(F)F)cc1. The van der Waals surface area contributed by atoms with Crippen molar-refractivity contribution in [1.82, 2.24) is 9.97 Å². The molecule has 6 heteroatoms. The number of aromatic hydroxyl groups is 1. The molecule has 0 aliphatic rings. The van der Waals surface area contributed by atoms with Gasteiger partial charge in [0.1, 0.15) is 5.75 Å². The fourth-order valence-electron chi connectivity index (χ4n) is 3.04. The van der Waals surface area contributed by atoms with E-state index in [9.17, 15) is 18.3 Å². The minimum absolute atomic E-state index is 0.0263. The minimum atomic E-state index is -4.41. The normalized spacial score (nSPS) is 11.4. The van der Waals surface area contributed by atoms with Crippen molar-refractivity contribution in [1.29, 1.82) is 0 Å². The summed E-state index contributed by atoms with van der Waals surface area (Å²) < 4.78 is 38.7. The van der Waals surface area contributed by atoms with E-state index in [1.165, 1.54) is 18.2 Å². The Labute approximate surface area is 165 Å². The molecule has 3 nitrogen and oxygen atoms in total. The number of hydrogen-bond acceptors (Lipinski definition) is 3. The maximum atomic E-state index is 12.9. The molecule has 0 spiro atoms. The summed E-state index contributed by atoms with van der Waals surface area (Å²) in [7, 11) is 0.